The lowest BCUT2D eigenvalue weighted by Crippen LogP contribution is -2.43. The number of benzene rings is 2. The maximum Gasteiger partial charge on any atom is 0.416 e. The van der Waals surface area contributed by atoms with Gasteiger partial charge >= 0.3 is 12.3 Å². The molecule has 32 heavy (non-hydrogen) atoms. The fourth-order valence-electron chi connectivity index (χ4n) is 3.83. The Balaban J connectivity index is 1.63. The van der Waals surface area contributed by atoms with Crippen molar-refractivity contribution in [2.24, 2.45) is 0 Å². The second-order valence-corrected chi connectivity index (χ2v) is 9.07. The molecule has 0 aliphatic carbocycles. The first-order chi connectivity index (χ1) is 14.9. The first-order valence-electron chi connectivity index (χ1n) is 10.7. The van der Waals surface area contributed by atoms with E-state index in [9.17, 15) is 22.8 Å². The summed E-state index contributed by atoms with van der Waals surface area (Å²) in [7, 11) is 0. The zero-order chi connectivity index (χ0) is 23.5. The van der Waals surface area contributed by atoms with Gasteiger partial charge in [0.15, 0.2) is 5.78 Å². The second kappa shape index (κ2) is 9.35. The number of carbonyl (C=O) groups excluding carboxylic acids is 2. The van der Waals surface area contributed by atoms with Crippen molar-refractivity contribution >= 4 is 11.9 Å². The lowest BCUT2D eigenvalue weighted by Gasteiger charge is -2.28. The third-order valence-electron chi connectivity index (χ3n) is 5.39. The van der Waals surface area contributed by atoms with E-state index in [0.717, 1.165) is 29.7 Å². The summed E-state index contributed by atoms with van der Waals surface area (Å²) in [5, 5.41) is 0. The van der Waals surface area contributed by atoms with Crippen LogP contribution >= 0.6 is 0 Å². The number of halogens is 3. The van der Waals surface area contributed by atoms with Crippen LogP contribution in [-0.2, 0) is 22.1 Å². The van der Waals surface area contributed by atoms with Gasteiger partial charge < -0.3 is 4.74 Å². The van der Waals surface area contributed by atoms with Crippen LogP contribution in [0.15, 0.2) is 48.5 Å². The zero-order valence-corrected chi connectivity index (χ0v) is 18.5. The highest BCUT2D eigenvalue weighted by Crippen LogP contribution is 2.31. The minimum atomic E-state index is -4.37. The largest absolute Gasteiger partial charge is 0.444 e. The maximum atomic E-state index is 12.8. The number of Topliss-reactive ketones (excluding diaryl/α,β-unsaturated/α-hetero) is 1. The summed E-state index contributed by atoms with van der Waals surface area (Å²) >= 11 is 0. The average molecular weight is 447 g/mol. The Morgan fingerprint density at radius 1 is 1.03 bits per heavy atom. The van der Waals surface area contributed by atoms with Crippen LogP contribution < -0.4 is 0 Å². The van der Waals surface area contributed by atoms with Crippen LogP contribution in [0.25, 0.3) is 11.1 Å². The van der Waals surface area contributed by atoms with Crippen molar-refractivity contribution in [3.63, 3.8) is 0 Å². The minimum Gasteiger partial charge on any atom is -0.444 e. The molecule has 1 heterocycles. The molecule has 1 aliphatic heterocycles. The lowest BCUT2D eigenvalue weighted by molar-refractivity contribution is -0.137. The number of likely N-dealkylation sites (tertiary alicyclic amines) is 1. The van der Waals surface area contributed by atoms with Crippen LogP contribution in [0.1, 0.15) is 51.2 Å². The topological polar surface area (TPSA) is 46.6 Å². The summed E-state index contributed by atoms with van der Waals surface area (Å²) in [5.74, 6) is -0.00621. The van der Waals surface area contributed by atoms with Crippen LogP contribution in [0.5, 0.6) is 0 Å². The Morgan fingerprint density at radius 3 is 2.34 bits per heavy atom. The fourth-order valence-corrected chi connectivity index (χ4v) is 3.83. The smallest absolute Gasteiger partial charge is 0.416 e. The molecule has 0 radical (unpaired) electrons. The predicted molar refractivity (Wildman–Crippen MR) is 116 cm³/mol. The summed E-state index contributed by atoms with van der Waals surface area (Å²) in [5.41, 5.74) is 1.08. The molecule has 172 valence electrons. The van der Waals surface area contributed by atoms with Gasteiger partial charge in [-0.05, 0) is 68.9 Å². The van der Waals surface area contributed by atoms with Gasteiger partial charge in [0.2, 0.25) is 0 Å². The zero-order valence-electron chi connectivity index (χ0n) is 18.5. The van der Waals surface area contributed by atoms with E-state index in [0.29, 0.717) is 24.9 Å². The SMILES string of the molecule is CC(C)(C)OC(=O)N1CCC[C@H]1C(=O)CCc1cccc(-c2ccc(C(F)(F)F)cc2)c1. The van der Waals surface area contributed by atoms with Crippen LogP contribution in [0, 0.1) is 0 Å². The highest BCUT2D eigenvalue weighted by molar-refractivity contribution is 5.88. The summed E-state index contributed by atoms with van der Waals surface area (Å²) in [4.78, 5) is 26.8. The highest BCUT2D eigenvalue weighted by atomic mass is 19.4. The Bertz CT molecular complexity index is 962. The number of aryl methyl sites for hydroxylation is 1. The molecule has 0 spiro atoms. The molecule has 4 nitrogen and oxygen atoms in total. The monoisotopic (exact) mass is 447 g/mol. The first kappa shape index (κ1) is 23.8. The van der Waals surface area contributed by atoms with Crippen LogP contribution in [0.3, 0.4) is 0 Å². The lowest BCUT2D eigenvalue weighted by atomic mass is 9.98. The van der Waals surface area contributed by atoms with Crippen molar-refractivity contribution in [2.75, 3.05) is 6.54 Å². The molecule has 1 atom stereocenters. The van der Waals surface area contributed by atoms with Crippen molar-refractivity contribution in [3.8, 4) is 11.1 Å². The molecule has 7 heteroatoms. The van der Waals surface area contributed by atoms with Crippen molar-refractivity contribution in [3.05, 3.63) is 59.7 Å². The van der Waals surface area contributed by atoms with Gasteiger partial charge in [0.25, 0.3) is 0 Å². The number of rotatable bonds is 5. The van der Waals surface area contributed by atoms with Gasteiger partial charge in [0, 0.05) is 13.0 Å². The van der Waals surface area contributed by atoms with E-state index in [1.165, 1.54) is 17.0 Å². The van der Waals surface area contributed by atoms with Gasteiger partial charge in [-0.2, -0.15) is 13.2 Å². The Kier molecular flexibility index (Phi) is 6.96. The maximum absolute atomic E-state index is 12.8. The molecule has 0 unspecified atom stereocenters. The minimum absolute atomic E-state index is 0.00621. The third-order valence-corrected chi connectivity index (χ3v) is 5.39. The van der Waals surface area contributed by atoms with E-state index in [2.05, 4.69) is 0 Å². The van der Waals surface area contributed by atoms with Crippen LogP contribution in [-0.4, -0.2) is 35.0 Å². The Labute approximate surface area is 186 Å². The van der Waals surface area contributed by atoms with Gasteiger partial charge in [0.05, 0.1) is 11.6 Å². The number of alkyl halides is 3. The number of amides is 1. The Hall–Kier alpha value is -2.83. The molecule has 1 saturated heterocycles. The van der Waals surface area contributed by atoms with E-state index in [1.807, 2.05) is 24.3 Å². The number of hydrogen-bond donors (Lipinski definition) is 0. The number of nitrogens with zero attached hydrogens (tertiary/aromatic N) is 1. The van der Waals surface area contributed by atoms with Crippen molar-refractivity contribution in [2.45, 2.75) is 64.3 Å². The molecule has 0 N–H and O–H groups in total. The molecule has 0 saturated carbocycles. The fraction of sp³-hybridized carbons (Fsp3) is 0.440. The van der Waals surface area contributed by atoms with E-state index >= 15 is 0 Å². The number of carbonyl (C=O) groups is 2. The molecule has 1 fully saturated rings. The van der Waals surface area contributed by atoms with Gasteiger partial charge in [-0.3, -0.25) is 9.69 Å². The molecule has 2 aromatic rings. The van der Waals surface area contributed by atoms with Gasteiger partial charge in [-0.1, -0.05) is 36.4 Å². The van der Waals surface area contributed by atoms with E-state index in [4.69, 9.17) is 4.74 Å². The van der Waals surface area contributed by atoms with Crippen LogP contribution in [0.2, 0.25) is 0 Å². The second-order valence-electron chi connectivity index (χ2n) is 9.07. The highest BCUT2D eigenvalue weighted by Gasteiger charge is 2.36. The standard InChI is InChI=1S/C25H28F3NO3/c1-24(2,3)32-23(31)29-15-5-8-21(29)22(30)14-9-17-6-4-7-19(16-17)18-10-12-20(13-11-18)25(26,27)28/h4,6-7,10-13,16,21H,5,8-9,14-15H2,1-3H3/t21-/m0/s1. The van der Waals surface area contributed by atoms with E-state index in [1.54, 1.807) is 20.8 Å². The van der Waals surface area contributed by atoms with Gasteiger partial charge in [-0.25, -0.2) is 4.79 Å². The molecule has 0 bridgehead atoms. The normalized spacial score (nSPS) is 16.8. The quantitative estimate of drug-likeness (QED) is 0.542. The molecule has 3 rings (SSSR count). The number of ether oxygens (including phenoxy) is 1. The number of hydrogen-bond acceptors (Lipinski definition) is 3. The summed E-state index contributed by atoms with van der Waals surface area (Å²) < 4.78 is 43.8. The average Bonchev–Trinajstić information content (AvgIpc) is 3.21. The number of ketones is 1. The van der Waals surface area contributed by atoms with Crippen LogP contribution in [0.4, 0.5) is 18.0 Å². The van der Waals surface area contributed by atoms with E-state index in [-0.39, 0.29) is 12.2 Å². The summed E-state index contributed by atoms with van der Waals surface area (Å²) in [6, 6.07) is 12.0. The van der Waals surface area contributed by atoms with Gasteiger partial charge in [0.1, 0.15) is 5.60 Å². The van der Waals surface area contributed by atoms with Crippen molar-refractivity contribution in [1.29, 1.82) is 0 Å². The van der Waals surface area contributed by atoms with E-state index < -0.39 is 29.5 Å². The molecular formula is C25H28F3NO3. The van der Waals surface area contributed by atoms with Gasteiger partial charge in [-0.15, -0.1) is 0 Å². The molecule has 1 amide bonds. The van der Waals surface area contributed by atoms with Crippen molar-refractivity contribution in [1.82, 2.24) is 4.90 Å². The molecule has 1 aliphatic rings. The molecule has 0 aromatic heterocycles. The molecule has 2 aromatic carbocycles. The molecular weight excluding hydrogens is 419 g/mol. The predicted octanol–water partition coefficient (Wildman–Crippen LogP) is 6.27. The first-order valence-corrected chi connectivity index (χ1v) is 10.7. The summed E-state index contributed by atoms with van der Waals surface area (Å²) in [6.45, 7) is 5.89. The summed E-state index contributed by atoms with van der Waals surface area (Å²) in [6.07, 6.45) is -2.67. The Morgan fingerprint density at radius 2 is 1.72 bits per heavy atom. The van der Waals surface area contributed by atoms with Crippen molar-refractivity contribution < 1.29 is 27.5 Å². The third kappa shape index (κ3) is 6.11.